The average Bonchev–Trinajstić information content (AvgIpc) is 2.97. The van der Waals surface area contributed by atoms with Gasteiger partial charge in [0.1, 0.15) is 0 Å². The van der Waals surface area contributed by atoms with Crippen LogP contribution in [0.15, 0.2) is 16.8 Å². The van der Waals surface area contributed by atoms with Gasteiger partial charge < -0.3 is 9.80 Å². The van der Waals surface area contributed by atoms with E-state index in [1.807, 2.05) is 37.7 Å². The second-order valence-corrected chi connectivity index (χ2v) is 6.15. The van der Waals surface area contributed by atoms with Crippen molar-refractivity contribution < 1.29 is 9.59 Å². The Morgan fingerprint density at radius 3 is 2.84 bits per heavy atom. The third-order valence-corrected chi connectivity index (χ3v) is 4.24. The van der Waals surface area contributed by atoms with E-state index in [-0.39, 0.29) is 23.8 Å². The molecule has 0 aromatic carbocycles. The molecule has 2 rings (SSSR count). The normalized spacial score (nSPS) is 19.3. The fourth-order valence-corrected chi connectivity index (χ4v) is 3.10. The zero-order valence-corrected chi connectivity index (χ0v) is 12.4. The van der Waals surface area contributed by atoms with Crippen LogP contribution in [-0.2, 0) is 16.1 Å². The maximum absolute atomic E-state index is 12.3. The van der Waals surface area contributed by atoms with E-state index >= 15 is 0 Å². The summed E-state index contributed by atoms with van der Waals surface area (Å²) in [6.45, 7) is 5.15. The number of amides is 2. The van der Waals surface area contributed by atoms with Crippen LogP contribution in [0.4, 0.5) is 0 Å². The third kappa shape index (κ3) is 3.15. The van der Waals surface area contributed by atoms with Gasteiger partial charge in [-0.2, -0.15) is 11.3 Å². The van der Waals surface area contributed by atoms with E-state index in [9.17, 15) is 9.59 Å². The van der Waals surface area contributed by atoms with Crippen molar-refractivity contribution in [2.45, 2.75) is 32.9 Å². The van der Waals surface area contributed by atoms with Crippen molar-refractivity contribution in [2.75, 3.05) is 13.6 Å². The fourth-order valence-electron chi connectivity index (χ4n) is 2.44. The van der Waals surface area contributed by atoms with Gasteiger partial charge in [0.2, 0.25) is 11.8 Å². The van der Waals surface area contributed by atoms with Gasteiger partial charge in [0.15, 0.2) is 0 Å². The molecule has 2 heterocycles. The van der Waals surface area contributed by atoms with Gasteiger partial charge in [-0.15, -0.1) is 0 Å². The van der Waals surface area contributed by atoms with E-state index in [0.717, 1.165) is 5.56 Å². The highest BCUT2D eigenvalue weighted by Gasteiger charge is 2.36. The predicted octanol–water partition coefficient (Wildman–Crippen LogP) is 1.96. The number of carbonyl (C=O) groups is 2. The monoisotopic (exact) mass is 280 g/mol. The highest BCUT2D eigenvalue weighted by Crippen LogP contribution is 2.22. The smallest absolute Gasteiger partial charge is 0.228 e. The van der Waals surface area contributed by atoms with Crippen molar-refractivity contribution in [3.8, 4) is 0 Å². The summed E-state index contributed by atoms with van der Waals surface area (Å²) >= 11 is 1.63. The van der Waals surface area contributed by atoms with Crippen LogP contribution in [0, 0.1) is 5.92 Å². The zero-order valence-electron chi connectivity index (χ0n) is 11.6. The number of rotatable bonds is 4. The molecule has 0 N–H and O–H groups in total. The third-order valence-electron chi connectivity index (χ3n) is 3.51. The highest BCUT2D eigenvalue weighted by molar-refractivity contribution is 7.07. The molecule has 19 heavy (non-hydrogen) atoms. The van der Waals surface area contributed by atoms with Gasteiger partial charge >= 0.3 is 0 Å². The lowest BCUT2D eigenvalue weighted by Gasteiger charge is -2.23. The molecule has 2 amide bonds. The Hall–Kier alpha value is -1.36. The molecule has 0 unspecified atom stereocenters. The van der Waals surface area contributed by atoms with E-state index in [4.69, 9.17) is 0 Å². The van der Waals surface area contributed by atoms with Gasteiger partial charge in [-0.25, -0.2) is 0 Å². The Morgan fingerprint density at radius 1 is 1.58 bits per heavy atom. The van der Waals surface area contributed by atoms with Gasteiger partial charge in [-0.05, 0) is 36.2 Å². The molecular weight excluding hydrogens is 260 g/mol. The first-order valence-corrected chi connectivity index (χ1v) is 7.49. The molecule has 0 aliphatic carbocycles. The SMILES string of the molecule is CC(C)N1C[C@H](C(=O)N(C)Cc2ccsc2)CC1=O. The molecule has 1 aliphatic rings. The molecule has 104 valence electrons. The summed E-state index contributed by atoms with van der Waals surface area (Å²) in [5.41, 5.74) is 1.14. The Bertz CT molecular complexity index is 456. The van der Waals surface area contributed by atoms with Crippen molar-refractivity contribution in [3.63, 3.8) is 0 Å². The molecule has 1 fully saturated rings. The molecule has 0 bridgehead atoms. The number of nitrogens with zero attached hydrogens (tertiary/aromatic N) is 2. The van der Waals surface area contributed by atoms with Crippen LogP contribution in [-0.4, -0.2) is 41.2 Å². The van der Waals surface area contributed by atoms with Crippen LogP contribution in [0.25, 0.3) is 0 Å². The van der Waals surface area contributed by atoms with Crippen molar-refractivity contribution in [2.24, 2.45) is 5.92 Å². The molecule has 1 atom stereocenters. The van der Waals surface area contributed by atoms with Gasteiger partial charge in [-0.1, -0.05) is 0 Å². The average molecular weight is 280 g/mol. The van der Waals surface area contributed by atoms with Crippen molar-refractivity contribution >= 4 is 23.2 Å². The van der Waals surface area contributed by atoms with Crippen LogP contribution in [0.2, 0.25) is 0 Å². The Labute approximate surface area is 118 Å². The van der Waals surface area contributed by atoms with E-state index in [1.165, 1.54) is 0 Å². The minimum atomic E-state index is -0.182. The van der Waals surface area contributed by atoms with Gasteiger partial charge in [0.05, 0.1) is 5.92 Å². The fraction of sp³-hybridized carbons (Fsp3) is 0.571. The lowest BCUT2D eigenvalue weighted by molar-refractivity contribution is -0.135. The summed E-state index contributed by atoms with van der Waals surface area (Å²) in [7, 11) is 1.81. The largest absolute Gasteiger partial charge is 0.341 e. The van der Waals surface area contributed by atoms with Gasteiger partial charge in [0.25, 0.3) is 0 Å². The zero-order chi connectivity index (χ0) is 14.0. The first kappa shape index (κ1) is 14.1. The number of hydrogen-bond acceptors (Lipinski definition) is 3. The summed E-state index contributed by atoms with van der Waals surface area (Å²) in [6.07, 6.45) is 0.352. The summed E-state index contributed by atoms with van der Waals surface area (Å²) in [5, 5.41) is 4.05. The van der Waals surface area contributed by atoms with Crippen molar-refractivity contribution in [3.05, 3.63) is 22.4 Å². The molecule has 0 spiro atoms. The standard InChI is InChI=1S/C14H20N2O2S/c1-10(2)16-8-12(6-13(16)17)14(18)15(3)7-11-4-5-19-9-11/h4-5,9-10,12H,6-8H2,1-3H3/t12-/m1/s1. The van der Waals surface area contributed by atoms with Crippen LogP contribution in [0.3, 0.4) is 0 Å². The van der Waals surface area contributed by atoms with Gasteiger partial charge in [0, 0.05) is 32.6 Å². The lowest BCUT2D eigenvalue weighted by atomic mass is 10.1. The second-order valence-electron chi connectivity index (χ2n) is 5.37. The van der Waals surface area contributed by atoms with E-state index in [0.29, 0.717) is 19.5 Å². The summed E-state index contributed by atoms with van der Waals surface area (Å²) in [6, 6.07) is 2.20. The number of thiophene rings is 1. The molecule has 5 heteroatoms. The Kier molecular flexibility index (Phi) is 4.24. The summed E-state index contributed by atoms with van der Waals surface area (Å²) < 4.78 is 0. The molecule has 1 saturated heterocycles. The van der Waals surface area contributed by atoms with Crippen LogP contribution in [0.5, 0.6) is 0 Å². The lowest BCUT2D eigenvalue weighted by Crippen LogP contribution is -2.36. The van der Waals surface area contributed by atoms with Crippen molar-refractivity contribution in [1.29, 1.82) is 0 Å². The highest BCUT2D eigenvalue weighted by atomic mass is 32.1. The quantitative estimate of drug-likeness (QED) is 0.846. The number of likely N-dealkylation sites (tertiary alicyclic amines) is 1. The molecule has 1 aromatic heterocycles. The van der Waals surface area contributed by atoms with Gasteiger partial charge in [-0.3, -0.25) is 9.59 Å². The molecule has 4 nitrogen and oxygen atoms in total. The minimum absolute atomic E-state index is 0.0719. The number of hydrogen-bond donors (Lipinski definition) is 0. The van der Waals surface area contributed by atoms with Crippen molar-refractivity contribution in [1.82, 2.24) is 9.80 Å². The first-order valence-electron chi connectivity index (χ1n) is 6.54. The molecular formula is C14H20N2O2S. The maximum Gasteiger partial charge on any atom is 0.228 e. The molecule has 1 aliphatic heterocycles. The van der Waals surface area contributed by atoms with E-state index in [1.54, 1.807) is 21.1 Å². The van der Waals surface area contributed by atoms with Crippen LogP contribution < -0.4 is 0 Å². The Morgan fingerprint density at radius 2 is 2.32 bits per heavy atom. The number of carbonyl (C=O) groups excluding carboxylic acids is 2. The second kappa shape index (κ2) is 5.74. The first-order chi connectivity index (χ1) is 8.99. The maximum atomic E-state index is 12.3. The van der Waals surface area contributed by atoms with Crippen LogP contribution >= 0.6 is 11.3 Å². The molecule has 0 saturated carbocycles. The summed E-state index contributed by atoms with van der Waals surface area (Å²) in [5.74, 6) is -0.0153. The summed E-state index contributed by atoms with van der Waals surface area (Å²) in [4.78, 5) is 27.7. The predicted molar refractivity (Wildman–Crippen MR) is 75.7 cm³/mol. The topological polar surface area (TPSA) is 40.6 Å². The Balaban J connectivity index is 1.95. The molecule has 1 aromatic rings. The van der Waals surface area contributed by atoms with E-state index in [2.05, 4.69) is 0 Å². The molecule has 0 radical (unpaired) electrons. The minimum Gasteiger partial charge on any atom is -0.341 e. The van der Waals surface area contributed by atoms with E-state index < -0.39 is 0 Å². The van der Waals surface area contributed by atoms with Crippen LogP contribution in [0.1, 0.15) is 25.8 Å².